The van der Waals surface area contributed by atoms with Gasteiger partial charge in [-0.25, -0.2) is 8.42 Å². The molecule has 1 heterocycles. The van der Waals surface area contributed by atoms with Gasteiger partial charge in [-0.2, -0.15) is 0 Å². The molecule has 0 saturated heterocycles. The average Bonchev–Trinajstić information content (AvgIpc) is 2.48. The third-order valence-electron chi connectivity index (χ3n) is 3.07. The summed E-state index contributed by atoms with van der Waals surface area (Å²) < 4.78 is 27.4. The van der Waals surface area contributed by atoms with Crippen molar-refractivity contribution in [3.63, 3.8) is 0 Å². The molecule has 1 aromatic heterocycles. The quantitative estimate of drug-likeness (QED) is 0.859. The number of aromatic nitrogens is 1. The van der Waals surface area contributed by atoms with Crippen LogP contribution >= 0.6 is 0 Å². The number of nitrogens with one attached hydrogen (secondary N) is 2. The molecule has 6 heteroatoms. The number of nitrogens with zero attached hydrogens (tertiary/aromatic N) is 1. The van der Waals surface area contributed by atoms with Gasteiger partial charge in [-0.05, 0) is 42.8 Å². The van der Waals surface area contributed by atoms with Gasteiger partial charge in [0.15, 0.2) is 0 Å². The third-order valence-corrected chi connectivity index (χ3v) is 4.43. The van der Waals surface area contributed by atoms with Crippen LogP contribution in [-0.2, 0) is 16.6 Å². The Bertz CT molecular complexity index is 714. The molecule has 0 atom stereocenters. The van der Waals surface area contributed by atoms with E-state index >= 15 is 0 Å². The number of aryl methyl sites for hydroxylation is 1. The topological polar surface area (TPSA) is 71.1 Å². The molecule has 2 rings (SSSR count). The van der Waals surface area contributed by atoms with E-state index in [1.54, 1.807) is 30.5 Å². The maximum absolute atomic E-state index is 12.4. The first-order valence-electron chi connectivity index (χ1n) is 6.76. The summed E-state index contributed by atoms with van der Waals surface area (Å²) in [7, 11) is -3.60. The number of pyridine rings is 1. The number of hydrogen-bond acceptors (Lipinski definition) is 4. The van der Waals surface area contributed by atoms with E-state index in [1.165, 1.54) is 6.20 Å². The van der Waals surface area contributed by atoms with Crippen LogP contribution in [0.4, 0.5) is 5.69 Å². The first-order valence-corrected chi connectivity index (χ1v) is 8.24. The standard InChI is InChI=1S/C15H19N3O2S/c1-3-16-10-13-5-4-6-14(9-13)21(19,20)18-15-11-17-8-7-12(15)2/h4-9,11,16,18H,3,10H2,1-2H3. The van der Waals surface area contributed by atoms with Gasteiger partial charge >= 0.3 is 0 Å². The summed E-state index contributed by atoms with van der Waals surface area (Å²) in [6.45, 7) is 5.32. The van der Waals surface area contributed by atoms with Gasteiger partial charge in [0.1, 0.15) is 0 Å². The number of benzene rings is 1. The van der Waals surface area contributed by atoms with Crippen molar-refractivity contribution in [3.8, 4) is 0 Å². The Kier molecular flexibility index (Phi) is 4.93. The molecular formula is C15H19N3O2S. The molecule has 0 aliphatic carbocycles. The lowest BCUT2D eigenvalue weighted by Gasteiger charge is -2.11. The Labute approximate surface area is 125 Å². The van der Waals surface area contributed by atoms with E-state index in [9.17, 15) is 8.42 Å². The van der Waals surface area contributed by atoms with Crippen molar-refractivity contribution in [1.29, 1.82) is 0 Å². The Hall–Kier alpha value is -1.92. The lowest BCUT2D eigenvalue weighted by atomic mass is 10.2. The van der Waals surface area contributed by atoms with Crippen LogP contribution < -0.4 is 10.0 Å². The predicted octanol–water partition coefficient (Wildman–Crippen LogP) is 2.30. The summed E-state index contributed by atoms with van der Waals surface area (Å²) in [5.41, 5.74) is 2.26. The SMILES string of the molecule is CCNCc1cccc(S(=O)(=O)Nc2cnccc2C)c1. The van der Waals surface area contributed by atoms with E-state index in [0.29, 0.717) is 12.2 Å². The van der Waals surface area contributed by atoms with E-state index in [4.69, 9.17) is 0 Å². The highest BCUT2D eigenvalue weighted by atomic mass is 32.2. The largest absolute Gasteiger partial charge is 0.313 e. The molecule has 0 radical (unpaired) electrons. The van der Waals surface area contributed by atoms with E-state index in [-0.39, 0.29) is 4.90 Å². The molecule has 0 amide bonds. The van der Waals surface area contributed by atoms with Crippen LogP contribution in [0, 0.1) is 6.92 Å². The number of rotatable bonds is 6. The molecular weight excluding hydrogens is 286 g/mol. The minimum absolute atomic E-state index is 0.251. The van der Waals surface area contributed by atoms with Crippen LogP contribution in [-0.4, -0.2) is 19.9 Å². The molecule has 0 bridgehead atoms. The third kappa shape index (κ3) is 4.03. The van der Waals surface area contributed by atoms with Gasteiger partial charge < -0.3 is 5.32 Å². The lowest BCUT2D eigenvalue weighted by molar-refractivity contribution is 0.601. The van der Waals surface area contributed by atoms with Crippen LogP contribution in [0.2, 0.25) is 0 Å². The first kappa shape index (κ1) is 15.5. The van der Waals surface area contributed by atoms with Crippen molar-refractivity contribution in [1.82, 2.24) is 10.3 Å². The molecule has 0 aliphatic rings. The smallest absolute Gasteiger partial charge is 0.261 e. The summed E-state index contributed by atoms with van der Waals surface area (Å²) in [6.07, 6.45) is 3.14. The van der Waals surface area contributed by atoms with Crippen LogP contribution in [0.15, 0.2) is 47.6 Å². The molecule has 1 aromatic carbocycles. The highest BCUT2D eigenvalue weighted by molar-refractivity contribution is 7.92. The highest BCUT2D eigenvalue weighted by Crippen LogP contribution is 2.19. The Morgan fingerprint density at radius 3 is 2.76 bits per heavy atom. The Morgan fingerprint density at radius 1 is 1.24 bits per heavy atom. The van der Waals surface area contributed by atoms with Crippen molar-refractivity contribution in [3.05, 3.63) is 53.9 Å². The van der Waals surface area contributed by atoms with Gasteiger partial charge in [0.25, 0.3) is 10.0 Å². The minimum Gasteiger partial charge on any atom is -0.313 e. The average molecular weight is 305 g/mol. The van der Waals surface area contributed by atoms with Gasteiger partial charge in [-0.15, -0.1) is 0 Å². The Morgan fingerprint density at radius 2 is 2.05 bits per heavy atom. The highest BCUT2D eigenvalue weighted by Gasteiger charge is 2.15. The molecule has 112 valence electrons. The second-order valence-electron chi connectivity index (χ2n) is 4.72. The number of sulfonamides is 1. The van der Waals surface area contributed by atoms with Crippen LogP contribution in [0.1, 0.15) is 18.1 Å². The maximum atomic E-state index is 12.4. The summed E-state index contributed by atoms with van der Waals surface area (Å²) in [4.78, 5) is 4.20. The lowest BCUT2D eigenvalue weighted by Crippen LogP contribution is -2.15. The van der Waals surface area contributed by atoms with E-state index in [0.717, 1.165) is 17.7 Å². The molecule has 0 aliphatic heterocycles. The fraction of sp³-hybridized carbons (Fsp3) is 0.267. The number of hydrogen-bond donors (Lipinski definition) is 2. The zero-order valence-electron chi connectivity index (χ0n) is 12.1. The zero-order valence-corrected chi connectivity index (χ0v) is 12.9. The van der Waals surface area contributed by atoms with Crippen molar-refractivity contribution in [2.75, 3.05) is 11.3 Å². The Balaban J connectivity index is 2.25. The zero-order chi connectivity index (χ0) is 15.3. The van der Waals surface area contributed by atoms with Crippen LogP contribution in [0.3, 0.4) is 0 Å². The molecule has 0 saturated carbocycles. The number of anilines is 1. The van der Waals surface area contributed by atoms with E-state index in [1.807, 2.05) is 19.9 Å². The van der Waals surface area contributed by atoms with Crippen molar-refractivity contribution in [2.45, 2.75) is 25.3 Å². The molecule has 2 aromatic rings. The summed E-state index contributed by atoms with van der Waals surface area (Å²) >= 11 is 0. The van der Waals surface area contributed by atoms with Gasteiger partial charge in [-0.3, -0.25) is 9.71 Å². The van der Waals surface area contributed by atoms with Gasteiger partial charge in [-0.1, -0.05) is 19.1 Å². The molecule has 0 unspecified atom stereocenters. The second kappa shape index (κ2) is 6.69. The molecule has 0 fully saturated rings. The van der Waals surface area contributed by atoms with Crippen molar-refractivity contribution >= 4 is 15.7 Å². The molecule has 5 nitrogen and oxygen atoms in total. The van der Waals surface area contributed by atoms with E-state index in [2.05, 4.69) is 15.0 Å². The maximum Gasteiger partial charge on any atom is 0.261 e. The van der Waals surface area contributed by atoms with E-state index < -0.39 is 10.0 Å². The predicted molar refractivity (Wildman–Crippen MR) is 83.6 cm³/mol. The monoisotopic (exact) mass is 305 g/mol. The van der Waals surface area contributed by atoms with Crippen LogP contribution in [0.25, 0.3) is 0 Å². The van der Waals surface area contributed by atoms with Crippen molar-refractivity contribution in [2.24, 2.45) is 0 Å². The molecule has 21 heavy (non-hydrogen) atoms. The second-order valence-corrected chi connectivity index (χ2v) is 6.41. The normalized spacial score (nSPS) is 11.3. The molecule has 0 spiro atoms. The molecule has 2 N–H and O–H groups in total. The minimum atomic E-state index is -3.60. The van der Waals surface area contributed by atoms with Crippen LogP contribution in [0.5, 0.6) is 0 Å². The first-order chi connectivity index (χ1) is 10.0. The summed E-state index contributed by atoms with van der Waals surface area (Å²) in [6, 6.07) is 8.67. The fourth-order valence-corrected chi connectivity index (χ4v) is 3.05. The fourth-order valence-electron chi connectivity index (χ4n) is 1.87. The van der Waals surface area contributed by atoms with Gasteiger partial charge in [0, 0.05) is 12.7 Å². The van der Waals surface area contributed by atoms with Gasteiger partial charge in [0.2, 0.25) is 0 Å². The summed E-state index contributed by atoms with van der Waals surface area (Å²) in [5, 5.41) is 3.18. The van der Waals surface area contributed by atoms with Gasteiger partial charge in [0.05, 0.1) is 16.8 Å². The van der Waals surface area contributed by atoms with Crippen molar-refractivity contribution < 1.29 is 8.42 Å². The summed E-state index contributed by atoms with van der Waals surface area (Å²) in [5.74, 6) is 0.